The standard InChI is InChI=1S/C84H164O17P2/c1-9-77(8)63-55-47-38-32-26-20-15-17-23-29-35-41-51-59-66-83(88)100-79(70-94-81(86)64-56-48-39-33-27-21-13-11-10-12-18-24-30-36-44-52-60-74(2)3)72-98-102(90,91)96-68-78(85)69-97-103(92,93)99-73-80(71-95-82(87)65-57-49-43-42-46-54-62-76(6)7)101-84(89)67-58-50-40-34-28-22-16-14-19-25-31-37-45-53-61-75(4)5/h74-80,85H,9-73H2,1-8H3,(H,90,91)(H,92,93)/t77?,78?,79-,80-/m1/s1. The molecule has 0 radical (unpaired) electrons. The Labute approximate surface area is 632 Å². The van der Waals surface area contributed by atoms with E-state index < -0.39 is 97.5 Å². The third-order valence-corrected chi connectivity index (χ3v) is 21.8. The lowest BCUT2D eigenvalue weighted by Crippen LogP contribution is -2.30. The van der Waals surface area contributed by atoms with Crippen molar-refractivity contribution in [1.29, 1.82) is 0 Å². The molecule has 0 aliphatic carbocycles. The Morgan fingerprint density at radius 1 is 0.272 bits per heavy atom. The van der Waals surface area contributed by atoms with Crippen LogP contribution in [0.2, 0.25) is 0 Å². The van der Waals surface area contributed by atoms with Crippen molar-refractivity contribution in [3.63, 3.8) is 0 Å². The van der Waals surface area contributed by atoms with Gasteiger partial charge in [-0.25, -0.2) is 9.13 Å². The lowest BCUT2D eigenvalue weighted by Gasteiger charge is -2.21. The average molecular weight is 1510 g/mol. The lowest BCUT2D eigenvalue weighted by molar-refractivity contribution is -0.161. The third kappa shape index (κ3) is 76.6. The second-order valence-electron chi connectivity index (χ2n) is 31.9. The van der Waals surface area contributed by atoms with Gasteiger partial charge in [-0.2, -0.15) is 0 Å². The van der Waals surface area contributed by atoms with Gasteiger partial charge in [-0.15, -0.1) is 0 Å². The highest BCUT2D eigenvalue weighted by atomic mass is 31.2. The fourth-order valence-corrected chi connectivity index (χ4v) is 14.5. The van der Waals surface area contributed by atoms with Gasteiger partial charge >= 0.3 is 39.5 Å². The fourth-order valence-electron chi connectivity index (χ4n) is 12.9. The Morgan fingerprint density at radius 3 is 0.689 bits per heavy atom. The molecule has 0 amide bonds. The van der Waals surface area contributed by atoms with Crippen LogP contribution in [0.25, 0.3) is 0 Å². The Kier molecular flexibility index (Phi) is 71.5. The van der Waals surface area contributed by atoms with Crippen LogP contribution in [-0.2, 0) is 65.4 Å². The van der Waals surface area contributed by atoms with Crippen LogP contribution in [0.4, 0.5) is 0 Å². The molecule has 0 spiro atoms. The molecule has 612 valence electrons. The van der Waals surface area contributed by atoms with E-state index in [1.807, 2.05) is 0 Å². The van der Waals surface area contributed by atoms with Gasteiger partial charge in [0.15, 0.2) is 12.2 Å². The molecule has 17 nitrogen and oxygen atoms in total. The summed E-state index contributed by atoms with van der Waals surface area (Å²) in [5.74, 6) is 1.02. The molecule has 0 saturated heterocycles. The van der Waals surface area contributed by atoms with Crippen molar-refractivity contribution < 1.29 is 80.2 Å². The Balaban J connectivity index is 5.22. The molecule has 6 atom stereocenters. The van der Waals surface area contributed by atoms with Gasteiger partial charge in [0, 0.05) is 25.7 Å². The van der Waals surface area contributed by atoms with Crippen molar-refractivity contribution in [1.82, 2.24) is 0 Å². The quantitative estimate of drug-likeness (QED) is 0.0222. The predicted octanol–water partition coefficient (Wildman–Crippen LogP) is 25.2. The van der Waals surface area contributed by atoms with Crippen LogP contribution >= 0.6 is 15.6 Å². The van der Waals surface area contributed by atoms with Crippen molar-refractivity contribution in [2.75, 3.05) is 39.6 Å². The maximum atomic E-state index is 13.1. The van der Waals surface area contributed by atoms with Crippen molar-refractivity contribution in [3.05, 3.63) is 0 Å². The number of rotatable bonds is 81. The first-order valence-corrected chi connectivity index (χ1v) is 46.2. The van der Waals surface area contributed by atoms with Crippen LogP contribution < -0.4 is 0 Å². The second kappa shape index (κ2) is 72.9. The van der Waals surface area contributed by atoms with E-state index in [-0.39, 0.29) is 25.7 Å². The number of hydrogen-bond donors (Lipinski definition) is 3. The van der Waals surface area contributed by atoms with Gasteiger partial charge in [-0.1, -0.05) is 383 Å². The molecule has 0 aliphatic heterocycles. The van der Waals surface area contributed by atoms with E-state index in [0.29, 0.717) is 31.6 Å². The van der Waals surface area contributed by atoms with Gasteiger partial charge in [0.1, 0.15) is 19.3 Å². The summed E-state index contributed by atoms with van der Waals surface area (Å²) in [7, 11) is -9.93. The number of phosphoric ester groups is 2. The molecule has 0 aliphatic rings. The summed E-state index contributed by atoms with van der Waals surface area (Å²) in [6.07, 6.45) is 61.2. The molecule has 0 heterocycles. The van der Waals surface area contributed by atoms with Gasteiger partial charge in [-0.3, -0.25) is 37.3 Å². The van der Waals surface area contributed by atoms with E-state index in [4.69, 9.17) is 37.0 Å². The van der Waals surface area contributed by atoms with Crippen LogP contribution in [0.15, 0.2) is 0 Å². The summed E-state index contributed by atoms with van der Waals surface area (Å²) in [5, 5.41) is 10.7. The molecule has 19 heteroatoms. The number of hydrogen-bond acceptors (Lipinski definition) is 15. The second-order valence-corrected chi connectivity index (χ2v) is 34.8. The lowest BCUT2D eigenvalue weighted by atomic mass is 9.99. The number of carbonyl (C=O) groups excluding carboxylic acids is 4. The third-order valence-electron chi connectivity index (χ3n) is 19.9. The molecule has 0 saturated carbocycles. The number of phosphoric acid groups is 2. The number of carbonyl (C=O) groups is 4. The molecule has 0 rings (SSSR count). The highest BCUT2D eigenvalue weighted by Gasteiger charge is 2.30. The molecule has 4 unspecified atom stereocenters. The number of esters is 4. The van der Waals surface area contributed by atoms with Gasteiger partial charge in [0.2, 0.25) is 0 Å². The van der Waals surface area contributed by atoms with E-state index in [1.165, 1.54) is 231 Å². The van der Waals surface area contributed by atoms with Crippen LogP contribution in [0, 0.1) is 23.7 Å². The van der Waals surface area contributed by atoms with Crippen LogP contribution in [0.1, 0.15) is 434 Å². The number of ether oxygens (including phenoxy) is 4. The summed E-state index contributed by atoms with van der Waals surface area (Å²) in [6, 6.07) is 0. The summed E-state index contributed by atoms with van der Waals surface area (Å²) >= 11 is 0. The fraction of sp³-hybridized carbons (Fsp3) is 0.952. The topological polar surface area (TPSA) is 237 Å². The van der Waals surface area contributed by atoms with E-state index in [9.17, 15) is 43.2 Å². The first-order valence-electron chi connectivity index (χ1n) is 43.2. The molecule has 0 fully saturated rings. The van der Waals surface area contributed by atoms with E-state index in [0.717, 1.165) is 114 Å². The van der Waals surface area contributed by atoms with Crippen molar-refractivity contribution in [3.8, 4) is 0 Å². The predicted molar refractivity (Wildman–Crippen MR) is 423 cm³/mol. The van der Waals surface area contributed by atoms with Gasteiger partial charge in [-0.05, 0) is 49.4 Å². The van der Waals surface area contributed by atoms with Crippen molar-refractivity contribution >= 4 is 39.5 Å². The molecule has 0 bridgehead atoms. The Hall–Kier alpha value is -1.94. The van der Waals surface area contributed by atoms with E-state index in [2.05, 4.69) is 55.4 Å². The molecule has 3 N–H and O–H groups in total. The van der Waals surface area contributed by atoms with Crippen LogP contribution in [0.5, 0.6) is 0 Å². The monoisotopic (exact) mass is 1510 g/mol. The van der Waals surface area contributed by atoms with E-state index in [1.54, 1.807) is 0 Å². The molecule has 0 aromatic rings. The van der Waals surface area contributed by atoms with Crippen LogP contribution in [-0.4, -0.2) is 96.7 Å². The zero-order valence-electron chi connectivity index (χ0n) is 68.0. The summed E-state index contributed by atoms with van der Waals surface area (Å²) in [5.41, 5.74) is 0. The molecule has 0 aromatic carbocycles. The largest absolute Gasteiger partial charge is 0.472 e. The molecular formula is C84H164O17P2. The summed E-state index contributed by atoms with van der Waals surface area (Å²) < 4.78 is 68.8. The Bertz CT molecular complexity index is 2010. The van der Waals surface area contributed by atoms with Crippen molar-refractivity contribution in [2.24, 2.45) is 23.7 Å². The first kappa shape index (κ1) is 101. The highest BCUT2D eigenvalue weighted by molar-refractivity contribution is 7.47. The maximum absolute atomic E-state index is 13.1. The number of unbranched alkanes of at least 4 members (excludes halogenated alkanes) is 46. The summed E-state index contributed by atoms with van der Waals surface area (Å²) in [6.45, 7) is 14.3. The van der Waals surface area contributed by atoms with E-state index >= 15 is 0 Å². The SMILES string of the molecule is CCC(C)CCCCCCCCCCCCCCCCC(=O)O[C@H](COC(=O)CCCCCCCCCCCCCCCCCCC(C)C)COP(=O)(O)OCC(O)COP(=O)(O)OC[C@@H](COC(=O)CCCCCCCCC(C)C)OC(=O)CCCCCCCCCCCCCCCCC(C)C. The highest BCUT2D eigenvalue weighted by Crippen LogP contribution is 2.45. The smallest absolute Gasteiger partial charge is 0.462 e. The van der Waals surface area contributed by atoms with Gasteiger partial charge < -0.3 is 33.8 Å². The number of aliphatic hydroxyl groups is 1. The van der Waals surface area contributed by atoms with Gasteiger partial charge in [0.05, 0.1) is 26.4 Å². The zero-order chi connectivity index (χ0) is 76.0. The molecular weight excluding hydrogens is 1340 g/mol. The maximum Gasteiger partial charge on any atom is 0.472 e. The Morgan fingerprint density at radius 2 is 0.466 bits per heavy atom. The van der Waals surface area contributed by atoms with Gasteiger partial charge in [0.25, 0.3) is 0 Å². The zero-order valence-corrected chi connectivity index (χ0v) is 69.7. The molecule has 103 heavy (non-hydrogen) atoms. The first-order chi connectivity index (χ1) is 49.6. The minimum absolute atomic E-state index is 0.106. The van der Waals surface area contributed by atoms with Crippen molar-refractivity contribution in [2.45, 2.75) is 453 Å². The van der Waals surface area contributed by atoms with Crippen LogP contribution in [0.3, 0.4) is 0 Å². The summed E-state index contributed by atoms with van der Waals surface area (Å²) in [4.78, 5) is 73.1. The minimum Gasteiger partial charge on any atom is -0.462 e. The average Bonchev–Trinajstić information content (AvgIpc) is 0.909. The molecule has 0 aromatic heterocycles. The normalized spacial score (nSPS) is 14.2. The number of aliphatic hydroxyl groups excluding tert-OH is 1. The minimum atomic E-state index is -4.97.